The number of hydrogen-bond donors (Lipinski definition) is 0. The van der Waals surface area contributed by atoms with Gasteiger partial charge in [-0.15, -0.1) is 11.3 Å². The zero-order valence-corrected chi connectivity index (χ0v) is 13.4. The lowest BCUT2D eigenvalue weighted by Crippen LogP contribution is -1.86. The van der Waals surface area contributed by atoms with Crippen LogP contribution in [0.1, 0.15) is 37.8 Å². The molecule has 108 valence electrons. The second-order valence-electron chi connectivity index (χ2n) is 5.35. The third-order valence-corrected chi connectivity index (χ3v) is 4.85. The molecule has 0 amide bonds. The monoisotopic (exact) mass is 296 g/mol. The van der Waals surface area contributed by atoms with Crippen molar-refractivity contribution in [2.45, 2.75) is 39.5 Å². The summed E-state index contributed by atoms with van der Waals surface area (Å²) in [6.45, 7) is 4.41. The Kier molecular flexibility index (Phi) is 4.30. The van der Waals surface area contributed by atoms with Crippen LogP contribution in [0.15, 0.2) is 36.7 Å². The van der Waals surface area contributed by atoms with Crippen LogP contribution in [0.2, 0.25) is 0 Å². The SMILES string of the molecule is CCCc1ccc(-c2cc3nccc(CCC)c3s2)nc1. The highest BCUT2D eigenvalue weighted by Gasteiger charge is 2.09. The van der Waals surface area contributed by atoms with Gasteiger partial charge < -0.3 is 0 Å². The molecule has 0 aromatic carbocycles. The Morgan fingerprint density at radius 2 is 1.86 bits per heavy atom. The number of nitrogens with zero attached hydrogens (tertiary/aromatic N) is 2. The Hall–Kier alpha value is -1.74. The molecule has 3 rings (SSSR count). The maximum absolute atomic E-state index is 4.62. The topological polar surface area (TPSA) is 25.8 Å². The normalized spacial score (nSPS) is 11.1. The Morgan fingerprint density at radius 3 is 2.57 bits per heavy atom. The van der Waals surface area contributed by atoms with Gasteiger partial charge in [0.05, 0.1) is 20.8 Å². The minimum absolute atomic E-state index is 1.06. The summed E-state index contributed by atoms with van der Waals surface area (Å²) in [7, 11) is 0. The van der Waals surface area contributed by atoms with Gasteiger partial charge in [-0.25, -0.2) is 0 Å². The summed E-state index contributed by atoms with van der Waals surface area (Å²) in [5.74, 6) is 0. The number of aromatic nitrogens is 2. The first-order chi connectivity index (χ1) is 10.3. The van der Waals surface area contributed by atoms with Gasteiger partial charge >= 0.3 is 0 Å². The Bertz CT molecular complexity index is 729. The summed E-state index contributed by atoms with van der Waals surface area (Å²) in [5, 5.41) is 0. The van der Waals surface area contributed by atoms with Gasteiger partial charge in [0.1, 0.15) is 0 Å². The molecule has 0 aliphatic heterocycles. The average molecular weight is 296 g/mol. The Labute approximate surface area is 129 Å². The first-order valence-electron chi connectivity index (χ1n) is 7.64. The quantitative estimate of drug-likeness (QED) is 0.641. The van der Waals surface area contributed by atoms with Crippen molar-refractivity contribution in [3.63, 3.8) is 0 Å². The summed E-state index contributed by atoms with van der Waals surface area (Å²) in [5.41, 5.74) is 4.87. The largest absolute Gasteiger partial charge is 0.255 e. The molecule has 0 radical (unpaired) electrons. The highest BCUT2D eigenvalue weighted by atomic mass is 32.1. The molecule has 0 fully saturated rings. The van der Waals surface area contributed by atoms with E-state index in [1.165, 1.54) is 20.7 Å². The first-order valence-corrected chi connectivity index (χ1v) is 8.46. The lowest BCUT2D eigenvalue weighted by molar-refractivity contribution is 0.914. The molecule has 0 N–H and O–H groups in total. The van der Waals surface area contributed by atoms with Gasteiger partial charge in [0.15, 0.2) is 0 Å². The van der Waals surface area contributed by atoms with Crippen molar-refractivity contribution in [3.05, 3.63) is 47.8 Å². The number of thiophene rings is 1. The van der Waals surface area contributed by atoms with Crippen LogP contribution >= 0.6 is 11.3 Å². The van der Waals surface area contributed by atoms with Crippen LogP contribution in [0.5, 0.6) is 0 Å². The first kappa shape index (κ1) is 14.2. The second-order valence-corrected chi connectivity index (χ2v) is 6.40. The summed E-state index contributed by atoms with van der Waals surface area (Å²) in [4.78, 5) is 10.3. The molecule has 21 heavy (non-hydrogen) atoms. The number of fused-ring (bicyclic) bond motifs is 1. The van der Waals surface area contributed by atoms with E-state index < -0.39 is 0 Å². The summed E-state index contributed by atoms with van der Waals surface area (Å²) < 4.78 is 1.31. The minimum Gasteiger partial charge on any atom is -0.255 e. The molecular formula is C18H20N2S. The molecule has 3 aromatic heterocycles. The van der Waals surface area contributed by atoms with Crippen LogP contribution in [0.3, 0.4) is 0 Å². The number of pyridine rings is 2. The van der Waals surface area contributed by atoms with Crippen LogP contribution in [-0.4, -0.2) is 9.97 Å². The molecule has 3 aromatic rings. The van der Waals surface area contributed by atoms with Crippen molar-refractivity contribution in [1.82, 2.24) is 9.97 Å². The number of aryl methyl sites for hydroxylation is 2. The van der Waals surface area contributed by atoms with Crippen LogP contribution in [0.25, 0.3) is 20.8 Å². The van der Waals surface area contributed by atoms with E-state index in [-0.39, 0.29) is 0 Å². The van der Waals surface area contributed by atoms with Crippen molar-refractivity contribution in [2.75, 3.05) is 0 Å². The zero-order valence-electron chi connectivity index (χ0n) is 12.6. The highest BCUT2D eigenvalue weighted by Crippen LogP contribution is 2.33. The molecule has 0 aliphatic carbocycles. The van der Waals surface area contributed by atoms with E-state index in [0.29, 0.717) is 0 Å². The van der Waals surface area contributed by atoms with Crippen molar-refractivity contribution in [3.8, 4) is 10.6 Å². The molecule has 3 heteroatoms. The van der Waals surface area contributed by atoms with Crippen molar-refractivity contribution >= 4 is 21.6 Å². The summed E-state index contributed by atoms with van der Waals surface area (Å²) in [6.07, 6.45) is 8.46. The predicted octanol–water partition coefficient (Wildman–Crippen LogP) is 5.26. The van der Waals surface area contributed by atoms with Crippen molar-refractivity contribution in [1.29, 1.82) is 0 Å². The average Bonchev–Trinajstić information content (AvgIpc) is 2.94. The molecule has 0 unspecified atom stereocenters. The minimum atomic E-state index is 1.06. The molecule has 0 spiro atoms. The van der Waals surface area contributed by atoms with E-state index >= 15 is 0 Å². The van der Waals surface area contributed by atoms with Crippen LogP contribution in [0, 0.1) is 0 Å². The van der Waals surface area contributed by atoms with Crippen LogP contribution in [0.4, 0.5) is 0 Å². The maximum Gasteiger partial charge on any atom is 0.0819 e. The fourth-order valence-corrected chi connectivity index (χ4v) is 3.72. The van der Waals surface area contributed by atoms with E-state index in [2.05, 4.69) is 48.1 Å². The lowest BCUT2D eigenvalue weighted by atomic mass is 10.1. The molecule has 2 nitrogen and oxygen atoms in total. The third-order valence-electron chi connectivity index (χ3n) is 3.63. The van der Waals surface area contributed by atoms with E-state index in [1.54, 1.807) is 0 Å². The van der Waals surface area contributed by atoms with Crippen LogP contribution in [-0.2, 0) is 12.8 Å². The zero-order chi connectivity index (χ0) is 14.7. The van der Waals surface area contributed by atoms with Gasteiger partial charge in [0.2, 0.25) is 0 Å². The van der Waals surface area contributed by atoms with Crippen molar-refractivity contribution < 1.29 is 0 Å². The molecule has 3 heterocycles. The van der Waals surface area contributed by atoms with Gasteiger partial charge in [-0.2, -0.15) is 0 Å². The second kappa shape index (κ2) is 6.35. The Balaban J connectivity index is 1.98. The van der Waals surface area contributed by atoms with E-state index in [0.717, 1.165) is 36.9 Å². The number of hydrogen-bond acceptors (Lipinski definition) is 3. The smallest absolute Gasteiger partial charge is 0.0819 e. The predicted molar refractivity (Wildman–Crippen MR) is 90.8 cm³/mol. The van der Waals surface area contributed by atoms with Gasteiger partial charge in [-0.1, -0.05) is 32.8 Å². The van der Waals surface area contributed by atoms with Crippen molar-refractivity contribution in [2.24, 2.45) is 0 Å². The summed E-state index contributed by atoms with van der Waals surface area (Å²) in [6, 6.07) is 8.64. The number of rotatable bonds is 5. The fraction of sp³-hybridized carbons (Fsp3) is 0.333. The molecule has 0 saturated heterocycles. The third kappa shape index (κ3) is 2.98. The summed E-state index contributed by atoms with van der Waals surface area (Å²) >= 11 is 1.81. The molecule has 0 aliphatic rings. The molecule has 0 bridgehead atoms. The van der Waals surface area contributed by atoms with E-state index in [9.17, 15) is 0 Å². The molecule has 0 atom stereocenters. The Morgan fingerprint density at radius 1 is 1.00 bits per heavy atom. The highest BCUT2D eigenvalue weighted by molar-refractivity contribution is 7.22. The lowest BCUT2D eigenvalue weighted by Gasteiger charge is -2.00. The standard InChI is InChI=1S/C18H20N2S/c1-3-5-13-7-8-15(20-12-13)17-11-16-18(21-17)14(6-4-2)9-10-19-16/h7-12H,3-6H2,1-2H3. The van der Waals surface area contributed by atoms with Gasteiger partial charge in [0.25, 0.3) is 0 Å². The molecule has 0 saturated carbocycles. The maximum atomic E-state index is 4.62. The van der Waals surface area contributed by atoms with Crippen LogP contribution < -0.4 is 0 Å². The van der Waals surface area contributed by atoms with Gasteiger partial charge in [0, 0.05) is 12.4 Å². The van der Waals surface area contributed by atoms with Gasteiger partial charge in [-0.3, -0.25) is 9.97 Å². The van der Waals surface area contributed by atoms with Gasteiger partial charge in [-0.05, 0) is 42.2 Å². The fourth-order valence-electron chi connectivity index (χ4n) is 2.59. The molecular weight excluding hydrogens is 276 g/mol. The van der Waals surface area contributed by atoms with E-state index in [4.69, 9.17) is 0 Å². The van der Waals surface area contributed by atoms with E-state index in [1.807, 2.05) is 23.7 Å².